The summed E-state index contributed by atoms with van der Waals surface area (Å²) in [5.74, 6) is -1.12. The third kappa shape index (κ3) is 1.77. The molecule has 0 saturated heterocycles. The molecule has 0 bridgehead atoms. The predicted octanol–water partition coefficient (Wildman–Crippen LogP) is 2.80. The Morgan fingerprint density at radius 3 is 2.76 bits per heavy atom. The van der Waals surface area contributed by atoms with Crippen molar-refractivity contribution in [2.24, 2.45) is 5.41 Å². The third-order valence-electron chi connectivity index (χ3n) is 3.71. The second kappa shape index (κ2) is 4.02. The van der Waals surface area contributed by atoms with Gasteiger partial charge in [-0.2, -0.15) is 0 Å². The highest BCUT2D eigenvalue weighted by Gasteiger charge is 2.59. The second-order valence-corrected chi connectivity index (χ2v) is 4.47. The van der Waals surface area contributed by atoms with Gasteiger partial charge in [-0.25, -0.2) is 4.39 Å². The number of ether oxygens (including phenoxy) is 1. The molecule has 17 heavy (non-hydrogen) atoms. The van der Waals surface area contributed by atoms with E-state index in [1.807, 2.05) is 6.92 Å². The molecule has 1 fully saturated rings. The number of methoxy groups -OCH3 is 1. The highest BCUT2D eigenvalue weighted by Crippen LogP contribution is 2.61. The number of halogens is 1. The van der Waals surface area contributed by atoms with Crippen LogP contribution in [0.15, 0.2) is 18.2 Å². The maximum Gasteiger partial charge on any atom is 0.310 e. The monoisotopic (exact) mass is 238 g/mol. The van der Waals surface area contributed by atoms with Gasteiger partial charge in [0.1, 0.15) is 0 Å². The van der Waals surface area contributed by atoms with E-state index in [0.29, 0.717) is 12.8 Å². The van der Waals surface area contributed by atoms with Crippen LogP contribution in [0, 0.1) is 11.2 Å². The van der Waals surface area contributed by atoms with E-state index in [1.165, 1.54) is 13.2 Å². The molecule has 2 unspecified atom stereocenters. The minimum absolute atomic E-state index is 0.0783. The molecule has 0 amide bonds. The Morgan fingerprint density at radius 1 is 1.65 bits per heavy atom. The standard InChI is InChI=1S/C13H15FO3/c1-3-13(12(15)16)7-9(13)8-4-5-11(17-2)10(14)6-8/h4-6,9H,3,7H2,1-2H3,(H,15,16). The van der Waals surface area contributed by atoms with Crippen molar-refractivity contribution in [1.82, 2.24) is 0 Å². The Kier molecular flexibility index (Phi) is 2.81. The van der Waals surface area contributed by atoms with Crippen LogP contribution in [0.2, 0.25) is 0 Å². The first kappa shape index (κ1) is 11.9. The van der Waals surface area contributed by atoms with Gasteiger partial charge in [-0.15, -0.1) is 0 Å². The van der Waals surface area contributed by atoms with Crippen molar-refractivity contribution in [3.05, 3.63) is 29.6 Å². The average Bonchev–Trinajstić information content (AvgIpc) is 3.05. The Morgan fingerprint density at radius 2 is 2.35 bits per heavy atom. The number of rotatable bonds is 4. The van der Waals surface area contributed by atoms with Crippen LogP contribution >= 0.6 is 0 Å². The molecule has 0 spiro atoms. The summed E-state index contributed by atoms with van der Waals surface area (Å²) in [6, 6.07) is 4.67. The maximum atomic E-state index is 13.5. The van der Waals surface area contributed by atoms with Crippen molar-refractivity contribution in [1.29, 1.82) is 0 Å². The number of aliphatic carboxylic acids is 1. The van der Waals surface area contributed by atoms with Gasteiger partial charge in [-0.1, -0.05) is 13.0 Å². The summed E-state index contributed by atoms with van der Waals surface area (Å²) in [7, 11) is 1.41. The topological polar surface area (TPSA) is 46.5 Å². The Hall–Kier alpha value is -1.58. The third-order valence-corrected chi connectivity index (χ3v) is 3.71. The van der Waals surface area contributed by atoms with E-state index < -0.39 is 17.2 Å². The second-order valence-electron chi connectivity index (χ2n) is 4.47. The molecule has 3 nitrogen and oxygen atoms in total. The lowest BCUT2D eigenvalue weighted by atomic mass is 9.96. The molecule has 1 saturated carbocycles. The van der Waals surface area contributed by atoms with Crippen molar-refractivity contribution in [2.75, 3.05) is 7.11 Å². The zero-order valence-corrected chi connectivity index (χ0v) is 9.87. The minimum Gasteiger partial charge on any atom is -0.494 e. The molecule has 2 rings (SSSR count). The van der Waals surface area contributed by atoms with E-state index in [9.17, 15) is 14.3 Å². The molecule has 4 heteroatoms. The Labute approximate surface area is 99.2 Å². The highest BCUT2D eigenvalue weighted by atomic mass is 19.1. The largest absolute Gasteiger partial charge is 0.494 e. The van der Waals surface area contributed by atoms with Crippen LogP contribution in [-0.4, -0.2) is 18.2 Å². The molecule has 0 aromatic heterocycles. The van der Waals surface area contributed by atoms with Crippen LogP contribution in [0.4, 0.5) is 4.39 Å². The number of benzene rings is 1. The van der Waals surface area contributed by atoms with Gasteiger partial charge < -0.3 is 9.84 Å². The van der Waals surface area contributed by atoms with E-state index in [1.54, 1.807) is 12.1 Å². The molecule has 1 aliphatic carbocycles. The van der Waals surface area contributed by atoms with Crippen molar-refractivity contribution in [3.8, 4) is 5.75 Å². The first-order valence-electron chi connectivity index (χ1n) is 5.62. The van der Waals surface area contributed by atoms with Crippen LogP contribution in [0.1, 0.15) is 31.2 Å². The lowest BCUT2D eigenvalue weighted by molar-refractivity contribution is -0.143. The Bertz CT molecular complexity index is 458. The molecular formula is C13H15FO3. The first-order valence-corrected chi connectivity index (χ1v) is 5.62. The van der Waals surface area contributed by atoms with Crippen LogP contribution in [-0.2, 0) is 4.79 Å². The molecular weight excluding hydrogens is 223 g/mol. The molecule has 1 aromatic carbocycles. The van der Waals surface area contributed by atoms with Gasteiger partial charge in [0.15, 0.2) is 11.6 Å². The average molecular weight is 238 g/mol. The summed E-state index contributed by atoms with van der Waals surface area (Å²) in [5.41, 5.74) is 0.0497. The van der Waals surface area contributed by atoms with Gasteiger partial charge in [-0.05, 0) is 30.5 Å². The summed E-state index contributed by atoms with van der Waals surface area (Å²) >= 11 is 0. The van der Waals surface area contributed by atoms with E-state index in [-0.39, 0.29) is 11.7 Å². The van der Waals surface area contributed by atoms with Gasteiger partial charge in [-0.3, -0.25) is 4.79 Å². The summed E-state index contributed by atoms with van der Waals surface area (Å²) in [5, 5.41) is 9.19. The number of carbonyl (C=O) groups is 1. The van der Waals surface area contributed by atoms with Gasteiger partial charge >= 0.3 is 5.97 Å². The van der Waals surface area contributed by atoms with Crippen molar-refractivity contribution in [2.45, 2.75) is 25.7 Å². The molecule has 0 heterocycles. The van der Waals surface area contributed by atoms with Crippen molar-refractivity contribution in [3.63, 3.8) is 0 Å². The zero-order chi connectivity index (χ0) is 12.6. The molecule has 92 valence electrons. The molecule has 0 radical (unpaired) electrons. The fourth-order valence-electron chi connectivity index (χ4n) is 2.42. The maximum absolute atomic E-state index is 13.5. The fourth-order valence-corrected chi connectivity index (χ4v) is 2.42. The lowest BCUT2D eigenvalue weighted by Crippen LogP contribution is -2.15. The van der Waals surface area contributed by atoms with Crippen LogP contribution in [0.3, 0.4) is 0 Å². The molecule has 1 aliphatic rings. The minimum atomic E-state index is -0.791. The Balaban J connectivity index is 2.27. The first-order chi connectivity index (χ1) is 8.05. The lowest BCUT2D eigenvalue weighted by Gasteiger charge is -2.10. The summed E-state index contributed by atoms with van der Waals surface area (Å²) in [6.07, 6.45) is 1.16. The number of carboxylic acids is 1. The SMILES string of the molecule is CCC1(C(=O)O)CC1c1ccc(OC)c(F)c1. The van der Waals surface area contributed by atoms with Gasteiger partial charge in [0.05, 0.1) is 12.5 Å². The van der Waals surface area contributed by atoms with E-state index >= 15 is 0 Å². The van der Waals surface area contributed by atoms with Crippen LogP contribution < -0.4 is 4.74 Å². The fraction of sp³-hybridized carbons (Fsp3) is 0.462. The quantitative estimate of drug-likeness (QED) is 0.877. The summed E-state index contributed by atoms with van der Waals surface area (Å²) < 4.78 is 18.4. The summed E-state index contributed by atoms with van der Waals surface area (Å²) in [4.78, 5) is 11.2. The normalized spacial score (nSPS) is 26.6. The van der Waals surface area contributed by atoms with Crippen LogP contribution in [0.5, 0.6) is 5.75 Å². The molecule has 1 N–H and O–H groups in total. The highest BCUT2D eigenvalue weighted by molar-refractivity contribution is 5.80. The predicted molar refractivity (Wildman–Crippen MR) is 60.7 cm³/mol. The summed E-state index contributed by atoms with van der Waals surface area (Å²) in [6.45, 7) is 1.86. The molecule has 1 aromatic rings. The number of hydrogen-bond acceptors (Lipinski definition) is 2. The van der Waals surface area contributed by atoms with Gasteiger partial charge in [0.2, 0.25) is 0 Å². The van der Waals surface area contributed by atoms with E-state index in [2.05, 4.69) is 0 Å². The zero-order valence-electron chi connectivity index (χ0n) is 9.87. The number of carboxylic acid groups (broad SMARTS) is 1. The number of hydrogen-bond donors (Lipinski definition) is 1. The van der Waals surface area contributed by atoms with Crippen molar-refractivity contribution >= 4 is 5.97 Å². The van der Waals surface area contributed by atoms with E-state index in [4.69, 9.17) is 4.74 Å². The molecule has 2 atom stereocenters. The molecule has 0 aliphatic heterocycles. The van der Waals surface area contributed by atoms with Gasteiger partial charge in [0.25, 0.3) is 0 Å². The smallest absolute Gasteiger partial charge is 0.310 e. The van der Waals surface area contributed by atoms with E-state index in [0.717, 1.165) is 5.56 Å². The van der Waals surface area contributed by atoms with Crippen molar-refractivity contribution < 1.29 is 19.0 Å². The van der Waals surface area contributed by atoms with Gasteiger partial charge in [0, 0.05) is 5.92 Å². The van der Waals surface area contributed by atoms with Crippen LogP contribution in [0.25, 0.3) is 0 Å².